The van der Waals surface area contributed by atoms with Crippen molar-refractivity contribution in [3.8, 4) is 0 Å². The minimum atomic E-state index is -0.844. The Kier molecular flexibility index (Phi) is 6.39. The Morgan fingerprint density at radius 1 is 1.17 bits per heavy atom. The van der Waals surface area contributed by atoms with E-state index in [1.165, 1.54) is 37.1 Å². The van der Waals surface area contributed by atoms with E-state index in [9.17, 15) is 5.11 Å². The number of hydrogen-bond acceptors (Lipinski definition) is 9. The summed E-state index contributed by atoms with van der Waals surface area (Å²) in [5, 5.41) is 16.7. The van der Waals surface area contributed by atoms with E-state index in [1.807, 2.05) is 4.90 Å². The van der Waals surface area contributed by atoms with Gasteiger partial charge in [0.1, 0.15) is 18.6 Å². The first-order chi connectivity index (χ1) is 14.1. The first kappa shape index (κ1) is 20.2. The van der Waals surface area contributed by atoms with Crippen LogP contribution in [0.1, 0.15) is 25.7 Å². The number of allylic oxidation sites excluding steroid dienone is 2. The van der Waals surface area contributed by atoms with Crippen LogP contribution < -0.4 is 16.4 Å². The highest BCUT2D eigenvalue weighted by Crippen LogP contribution is 2.27. The van der Waals surface area contributed by atoms with Crippen LogP contribution in [0.4, 0.5) is 0 Å². The second-order valence-electron chi connectivity index (χ2n) is 7.89. The van der Waals surface area contributed by atoms with Gasteiger partial charge in [0, 0.05) is 20.2 Å². The van der Waals surface area contributed by atoms with Crippen LogP contribution in [0.15, 0.2) is 39.8 Å². The lowest BCUT2D eigenvalue weighted by Crippen LogP contribution is -2.43. The SMILES string of the molecule is COCCOC1=NC(N)C2=C(N1)N(CC1=CC=C(CN3CCCC3)CC1)C(O)N2. The average molecular weight is 405 g/mol. The number of hydrogen-bond donors (Lipinski definition) is 4. The molecule has 3 aliphatic heterocycles. The van der Waals surface area contributed by atoms with Gasteiger partial charge in [-0.1, -0.05) is 23.3 Å². The number of ether oxygens (including phenoxy) is 2. The fourth-order valence-corrected chi connectivity index (χ4v) is 4.15. The molecule has 0 bridgehead atoms. The molecule has 4 aliphatic rings. The van der Waals surface area contributed by atoms with Crippen molar-refractivity contribution < 1.29 is 14.6 Å². The molecule has 1 saturated heterocycles. The predicted molar refractivity (Wildman–Crippen MR) is 110 cm³/mol. The molecule has 160 valence electrons. The number of methoxy groups -OCH3 is 1. The van der Waals surface area contributed by atoms with Gasteiger partial charge >= 0.3 is 0 Å². The number of nitrogens with zero attached hydrogens (tertiary/aromatic N) is 3. The monoisotopic (exact) mass is 404 g/mol. The van der Waals surface area contributed by atoms with Crippen molar-refractivity contribution in [3.05, 3.63) is 34.8 Å². The van der Waals surface area contributed by atoms with Crippen LogP contribution in [0.3, 0.4) is 0 Å². The van der Waals surface area contributed by atoms with Crippen LogP contribution >= 0.6 is 0 Å². The minimum absolute atomic E-state index is 0.347. The quantitative estimate of drug-likeness (QED) is 0.439. The van der Waals surface area contributed by atoms with Crippen LogP contribution in [0, 0.1) is 0 Å². The average Bonchev–Trinajstić information content (AvgIpc) is 3.33. The molecule has 9 nitrogen and oxygen atoms in total. The van der Waals surface area contributed by atoms with Gasteiger partial charge in [0.25, 0.3) is 6.02 Å². The van der Waals surface area contributed by atoms with Gasteiger partial charge in [0.2, 0.25) is 6.35 Å². The van der Waals surface area contributed by atoms with Gasteiger partial charge in [-0.2, -0.15) is 0 Å². The van der Waals surface area contributed by atoms with Crippen LogP contribution in [-0.2, 0) is 9.47 Å². The van der Waals surface area contributed by atoms with Crippen LogP contribution in [-0.4, -0.2) is 79.9 Å². The molecule has 0 aromatic rings. The Morgan fingerprint density at radius 2 is 1.90 bits per heavy atom. The van der Waals surface area contributed by atoms with Gasteiger partial charge in [0.15, 0.2) is 0 Å². The van der Waals surface area contributed by atoms with Crippen molar-refractivity contribution in [2.75, 3.05) is 46.5 Å². The third kappa shape index (κ3) is 4.75. The summed E-state index contributed by atoms with van der Waals surface area (Å²) in [7, 11) is 1.62. The van der Waals surface area contributed by atoms with Gasteiger partial charge in [-0.3, -0.25) is 10.2 Å². The second kappa shape index (κ2) is 9.17. The lowest BCUT2D eigenvalue weighted by molar-refractivity contribution is 0.0298. The highest BCUT2D eigenvalue weighted by Gasteiger charge is 2.36. The molecule has 0 amide bonds. The van der Waals surface area contributed by atoms with E-state index >= 15 is 0 Å². The number of aliphatic hydroxyl groups is 1. The molecule has 0 aromatic carbocycles. The Morgan fingerprint density at radius 3 is 2.59 bits per heavy atom. The Balaban J connectivity index is 1.38. The molecule has 0 spiro atoms. The Hall–Kier alpha value is -2.07. The number of nitrogens with one attached hydrogen (secondary N) is 2. The number of rotatable bonds is 7. The summed E-state index contributed by atoms with van der Waals surface area (Å²) >= 11 is 0. The third-order valence-electron chi connectivity index (χ3n) is 5.75. The zero-order valence-corrected chi connectivity index (χ0v) is 17.1. The summed E-state index contributed by atoms with van der Waals surface area (Å²) in [6.45, 7) is 4.99. The fourth-order valence-electron chi connectivity index (χ4n) is 4.15. The Labute approximate surface area is 171 Å². The van der Waals surface area contributed by atoms with Crippen molar-refractivity contribution >= 4 is 6.02 Å². The number of amidine groups is 1. The largest absolute Gasteiger partial charge is 0.463 e. The van der Waals surface area contributed by atoms with Crippen LogP contribution in [0.25, 0.3) is 0 Å². The van der Waals surface area contributed by atoms with Crippen molar-refractivity contribution in [2.24, 2.45) is 10.7 Å². The van der Waals surface area contributed by atoms with E-state index in [0.29, 0.717) is 31.5 Å². The molecule has 29 heavy (non-hydrogen) atoms. The number of nitrogens with two attached hydrogens (primary N) is 1. The van der Waals surface area contributed by atoms with Crippen molar-refractivity contribution in [2.45, 2.75) is 38.2 Å². The molecule has 2 atom stereocenters. The molecule has 1 fully saturated rings. The van der Waals surface area contributed by atoms with E-state index in [0.717, 1.165) is 25.2 Å². The summed E-state index contributed by atoms with van der Waals surface area (Å²) in [4.78, 5) is 8.69. The van der Waals surface area contributed by atoms with E-state index in [4.69, 9.17) is 15.2 Å². The van der Waals surface area contributed by atoms with E-state index in [-0.39, 0.29) is 0 Å². The first-order valence-electron chi connectivity index (χ1n) is 10.4. The number of likely N-dealkylation sites (tertiary alicyclic amines) is 1. The molecular formula is C20H32N6O3. The summed E-state index contributed by atoms with van der Waals surface area (Å²) in [6, 6.07) is 0.347. The number of aliphatic imine (C=N–C) groups is 1. The molecule has 3 heterocycles. The third-order valence-corrected chi connectivity index (χ3v) is 5.75. The first-order valence-corrected chi connectivity index (χ1v) is 10.4. The molecule has 0 aromatic heterocycles. The van der Waals surface area contributed by atoms with Gasteiger partial charge in [-0.15, -0.1) is 0 Å². The normalized spacial score (nSPS) is 27.1. The van der Waals surface area contributed by atoms with E-state index in [1.54, 1.807) is 7.11 Å². The fraction of sp³-hybridized carbons (Fsp3) is 0.650. The van der Waals surface area contributed by atoms with Gasteiger partial charge in [-0.25, -0.2) is 4.99 Å². The standard InChI is InChI=1S/C20H32N6O3/c1-28-10-11-29-19-23-17(21)16-18(24-19)26(20(27)22-16)13-15-6-4-14(5-7-15)12-25-8-2-3-9-25/h4,6,17,20,22,27H,2-3,5,7-13,21H2,1H3,(H,23,24). The lowest BCUT2D eigenvalue weighted by atomic mass is 9.97. The molecular weight excluding hydrogens is 372 g/mol. The zero-order chi connectivity index (χ0) is 20.2. The maximum Gasteiger partial charge on any atom is 0.292 e. The summed E-state index contributed by atoms with van der Waals surface area (Å²) in [6.07, 6.45) is 7.73. The summed E-state index contributed by atoms with van der Waals surface area (Å²) in [5.74, 6) is 0.722. The second-order valence-corrected chi connectivity index (χ2v) is 7.89. The molecule has 2 unspecified atom stereocenters. The number of aliphatic hydroxyl groups excluding tert-OH is 1. The maximum absolute atomic E-state index is 10.5. The van der Waals surface area contributed by atoms with Gasteiger partial charge in [-0.05, 0) is 38.8 Å². The minimum Gasteiger partial charge on any atom is -0.463 e. The Bertz CT molecular complexity index is 726. The van der Waals surface area contributed by atoms with Crippen LogP contribution in [0.2, 0.25) is 0 Å². The lowest BCUT2D eigenvalue weighted by Gasteiger charge is -2.29. The van der Waals surface area contributed by atoms with Gasteiger partial charge in [0.05, 0.1) is 12.3 Å². The van der Waals surface area contributed by atoms with Crippen molar-refractivity contribution in [1.29, 1.82) is 0 Å². The molecule has 0 saturated carbocycles. The van der Waals surface area contributed by atoms with Crippen molar-refractivity contribution in [3.63, 3.8) is 0 Å². The van der Waals surface area contributed by atoms with E-state index in [2.05, 4.69) is 32.7 Å². The highest BCUT2D eigenvalue weighted by atomic mass is 16.5. The predicted octanol–water partition coefficient (Wildman–Crippen LogP) is -0.0140. The van der Waals surface area contributed by atoms with E-state index < -0.39 is 12.5 Å². The molecule has 0 radical (unpaired) electrons. The molecule has 4 rings (SSSR count). The molecule has 9 heteroatoms. The maximum atomic E-state index is 10.5. The topological polar surface area (TPSA) is 108 Å². The van der Waals surface area contributed by atoms with Gasteiger partial charge < -0.3 is 30.5 Å². The molecule has 5 N–H and O–H groups in total. The smallest absolute Gasteiger partial charge is 0.292 e. The molecule has 1 aliphatic carbocycles. The summed E-state index contributed by atoms with van der Waals surface area (Å²) in [5.41, 5.74) is 9.60. The summed E-state index contributed by atoms with van der Waals surface area (Å²) < 4.78 is 10.6. The van der Waals surface area contributed by atoms with Crippen LogP contribution in [0.5, 0.6) is 0 Å². The highest BCUT2D eigenvalue weighted by molar-refractivity contribution is 5.77. The van der Waals surface area contributed by atoms with Crippen molar-refractivity contribution in [1.82, 2.24) is 20.4 Å². The zero-order valence-electron chi connectivity index (χ0n) is 17.1.